The third kappa shape index (κ3) is 2.94. The summed E-state index contributed by atoms with van der Waals surface area (Å²) >= 11 is 3.64. The minimum atomic E-state index is 0.653. The highest BCUT2D eigenvalue weighted by atomic mass is 79.9. The van der Waals surface area contributed by atoms with E-state index in [0.717, 1.165) is 17.4 Å². The van der Waals surface area contributed by atoms with Crippen LogP contribution < -0.4 is 5.32 Å². The Balaban J connectivity index is 2.20. The van der Waals surface area contributed by atoms with Crippen LogP contribution in [0.4, 0.5) is 5.69 Å². The Bertz CT molecular complexity index is 645. The van der Waals surface area contributed by atoms with Crippen molar-refractivity contribution in [2.75, 3.05) is 11.9 Å². The lowest BCUT2D eigenvalue weighted by atomic mass is 9.99. The van der Waals surface area contributed by atoms with Crippen molar-refractivity contribution in [1.82, 2.24) is 4.98 Å². The number of benzene rings is 1. The monoisotopic (exact) mass is 346 g/mol. The molecular weight excluding hydrogens is 324 g/mol. The van der Waals surface area contributed by atoms with Crippen molar-refractivity contribution < 1.29 is 0 Å². The number of aromatic nitrogens is 1. The predicted octanol–water partition coefficient (Wildman–Crippen LogP) is 5.65. The molecule has 112 valence electrons. The number of rotatable bonds is 4. The number of hydrogen-bond donors (Lipinski definition) is 1. The van der Waals surface area contributed by atoms with E-state index >= 15 is 0 Å². The van der Waals surface area contributed by atoms with Crippen molar-refractivity contribution >= 4 is 32.5 Å². The average Bonchev–Trinajstić information content (AvgIpc) is 3.01. The summed E-state index contributed by atoms with van der Waals surface area (Å²) in [5.41, 5.74) is 5.03. The molecule has 0 unspecified atom stereocenters. The maximum absolute atomic E-state index is 5.05. The molecule has 1 fully saturated rings. The van der Waals surface area contributed by atoms with Crippen LogP contribution in [0.5, 0.6) is 0 Å². The standard InChI is InChI=1S/C18H23BrN2/c1-3-12-9-14(19)10-15-17(20-4-2)11-16(21-18(12)15)13-7-5-6-8-13/h9-11,13H,3-8H2,1-2H3,(H,20,21). The molecule has 2 aromatic rings. The third-order valence-electron chi connectivity index (χ3n) is 4.50. The second-order valence-corrected chi connectivity index (χ2v) is 6.84. The summed E-state index contributed by atoms with van der Waals surface area (Å²) in [6, 6.07) is 6.69. The van der Waals surface area contributed by atoms with Crippen molar-refractivity contribution in [3.63, 3.8) is 0 Å². The molecule has 1 saturated carbocycles. The molecule has 0 atom stereocenters. The smallest absolute Gasteiger partial charge is 0.0758 e. The number of hydrogen-bond acceptors (Lipinski definition) is 2. The van der Waals surface area contributed by atoms with E-state index in [0.29, 0.717) is 5.92 Å². The van der Waals surface area contributed by atoms with E-state index in [4.69, 9.17) is 4.98 Å². The summed E-state index contributed by atoms with van der Waals surface area (Å²) in [4.78, 5) is 5.05. The van der Waals surface area contributed by atoms with Crippen molar-refractivity contribution in [2.45, 2.75) is 51.9 Å². The zero-order valence-electron chi connectivity index (χ0n) is 12.9. The summed E-state index contributed by atoms with van der Waals surface area (Å²) in [5.74, 6) is 0.653. The second kappa shape index (κ2) is 6.35. The Hall–Kier alpha value is -1.09. The molecule has 2 nitrogen and oxygen atoms in total. The quantitative estimate of drug-likeness (QED) is 0.773. The number of nitrogens with zero attached hydrogens (tertiary/aromatic N) is 1. The lowest BCUT2D eigenvalue weighted by Crippen LogP contribution is -2.04. The molecule has 21 heavy (non-hydrogen) atoms. The van der Waals surface area contributed by atoms with Gasteiger partial charge in [-0.25, -0.2) is 0 Å². The van der Waals surface area contributed by atoms with Crippen LogP contribution >= 0.6 is 15.9 Å². The topological polar surface area (TPSA) is 24.9 Å². The first-order valence-electron chi connectivity index (χ1n) is 8.09. The van der Waals surface area contributed by atoms with Crippen molar-refractivity contribution in [3.8, 4) is 0 Å². The normalized spacial score (nSPS) is 15.8. The van der Waals surface area contributed by atoms with E-state index in [1.165, 1.54) is 53.5 Å². The molecule has 0 spiro atoms. The number of pyridine rings is 1. The third-order valence-corrected chi connectivity index (χ3v) is 4.96. The molecule has 1 aromatic heterocycles. The Kier molecular flexibility index (Phi) is 4.48. The van der Waals surface area contributed by atoms with Gasteiger partial charge in [-0.2, -0.15) is 0 Å². The van der Waals surface area contributed by atoms with Gasteiger partial charge < -0.3 is 5.32 Å². The van der Waals surface area contributed by atoms with Crippen molar-refractivity contribution in [2.24, 2.45) is 0 Å². The largest absolute Gasteiger partial charge is 0.385 e. The number of halogens is 1. The first kappa shape index (κ1) is 14.8. The van der Waals surface area contributed by atoms with Gasteiger partial charge >= 0.3 is 0 Å². The Morgan fingerprint density at radius 3 is 2.62 bits per heavy atom. The maximum atomic E-state index is 5.05. The second-order valence-electron chi connectivity index (χ2n) is 5.92. The minimum absolute atomic E-state index is 0.653. The van der Waals surface area contributed by atoms with Crippen LogP contribution in [0.2, 0.25) is 0 Å². The number of aryl methyl sites for hydroxylation is 1. The first-order chi connectivity index (χ1) is 10.2. The highest BCUT2D eigenvalue weighted by molar-refractivity contribution is 9.10. The Morgan fingerprint density at radius 2 is 1.95 bits per heavy atom. The van der Waals surface area contributed by atoms with Crippen LogP contribution in [0.3, 0.4) is 0 Å². The van der Waals surface area contributed by atoms with Gasteiger partial charge in [0.1, 0.15) is 0 Å². The van der Waals surface area contributed by atoms with Gasteiger partial charge in [0.25, 0.3) is 0 Å². The Morgan fingerprint density at radius 1 is 1.19 bits per heavy atom. The molecule has 1 heterocycles. The molecule has 0 saturated heterocycles. The van der Waals surface area contributed by atoms with Gasteiger partial charge in [0, 0.05) is 33.7 Å². The van der Waals surface area contributed by atoms with Crippen LogP contribution in [-0.4, -0.2) is 11.5 Å². The van der Waals surface area contributed by atoms with E-state index in [-0.39, 0.29) is 0 Å². The van der Waals surface area contributed by atoms with Crippen LogP contribution in [-0.2, 0) is 6.42 Å². The molecule has 1 N–H and O–H groups in total. The van der Waals surface area contributed by atoms with Gasteiger partial charge in [-0.05, 0) is 49.9 Å². The number of anilines is 1. The van der Waals surface area contributed by atoms with E-state index in [1.807, 2.05) is 0 Å². The first-order valence-corrected chi connectivity index (χ1v) is 8.89. The molecule has 0 amide bonds. The van der Waals surface area contributed by atoms with Crippen LogP contribution in [0, 0.1) is 0 Å². The van der Waals surface area contributed by atoms with Gasteiger partial charge in [0.15, 0.2) is 0 Å². The van der Waals surface area contributed by atoms with E-state index < -0.39 is 0 Å². The molecule has 0 aliphatic heterocycles. The molecule has 1 aliphatic rings. The van der Waals surface area contributed by atoms with E-state index in [1.54, 1.807) is 0 Å². The van der Waals surface area contributed by atoms with E-state index in [2.05, 4.69) is 53.3 Å². The minimum Gasteiger partial charge on any atom is -0.385 e. The van der Waals surface area contributed by atoms with Gasteiger partial charge in [-0.15, -0.1) is 0 Å². The zero-order chi connectivity index (χ0) is 14.8. The van der Waals surface area contributed by atoms with Gasteiger partial charge in [0.2, 0.25) is 0 Å². The van der Waals surface area contributed by atoms with Gasteiger partial charge in [0.05, 0.1) is 5.52 Å². The van der Waals surface area contributed by atoms with Gasteiger partial charge in [-0.1, -0.05) is 35.7 Å². The van der Waals surface area contributed by atoms with Crippen LogP contribution in [0.25, 0.3) is 10.9 Å². The van der Waals surface area contributed by atoms with Crippen LogP contribution in [0.15, 0.2) is 22.7 Å². The lowest BCUT2D eigenvalue weighted by Gasteiger charge is -2.16. The molecule has 1 aliphatic carbocycles. The summed E-state index contributed by atoms with van der Waals surface area (Å²) in [6.45, 7) is 5.30. The fraction of sp³-hybridized carbons (Fsp3) is 0.500. The SMILES string of the molecule is CCNc1cc(C2CCCC2)nc2c(CC)cc(Br)cc12. The maximum Gasteiger partial charge on any atom is 0.0758 e. The summed E-state index contributed by atoms with van der Waals surface area (Å²) in [5, 5.41) is 4.77. The molecule has 0 radical (unpaired) electrons. The van der Waals surface area contributed by atoms with Crippen LogP contribution in [0.1, 0.15) is 56.7 Å². The van der Waals surface area contributed by atoms with Gasteiger partial charge in [-0.3, -0.25) is 4.98 Å². The lowest BCUT2D eigenvalue weighted by molar-refractivity contribution is 0.701. The summed E-state index contributed by atoms with van der Waals surface area (Å²) < 4.78 is 1.14. The fourth-order valence-electron chi connectivity index (χ4n) is 3.42. The number of fused-ring (bicyclic) bond motifs is 1. The predicted molar refractivity (Wildman–Crippen MR) is 94.2 cm³/mol. The molecule has 1 aromatic carbocycles. The molecule has 3 heteroatoms. The summed E-state index contributed by atoms with van der Waals surface area (Å²) in [7, 11) is 0. The molecule has 0 bridgehead atoms. The van der Waals surface area contributed by atoms with Crippen molar-refractivity contribution in [1.29, 1.82) is 0 Å². The highest BCUT2D eigenvalue weighted by Crippen LogP contribution is 2.37. The summed E-state index contributed by atoms with van der Waals surface area (Å²) in [6.07, 6.45) is 6.30. The fourth-order valence-corrected chi connectivity index (χ4v) is 3.92. The highest BCUT2D eigenvalue weighted by Gasteiger charge is 2.20. The van der Waals surface area contributed by atoms with Crippen molar-refractivity contribution in [3.05, 3.63) is 33.9 Å². The van der Waals surface area contributed by atoms with E-state index in [9.17, 15) is 0 Å². The molecular formula is C18H23BrN2. The zero-order valence-corrected chi connectivity index (χ0v) is 14.5. The average molecular weight is 347 g/mol. The Labute approximate surface area is 135 Å². The molecule has 3 rings (SSSR count). The number of nitrogens with one attached hydrogen (secondary N) is 1.